The molecule has 0 unspecified atom stereocenters. The van der Waals surface area contributed by atoms with Crippen LogP contribution in [0.1, 0.15) is 15.9 Å². The van der Waals surface area contributed by atoms with Crippen molar-refractivity contribution in [1.29, 1.82) is 0 Å². The lowest BCUT2D eigenvalue weighted by Gasteiger charge is -2.08. The third kappa shape index (κ3) is 3.86. The normalized spacial score (nSPS) is 10.6. The molecular formula is C17H15NO7. The summed E-state index contributed by atoms with van der Waals surface area (Å²) in [5, 5.41) is 29.8. The largest absolute Gasteiger partial charge is 0.504 e. The van der Waals surface area contributed by atoms with Gasteiger partial charge in [0.2, 0.25) is 5.75 Å². The number of hydrogen-bond acceptors (Lipinski definition) is 7. The highest BCUT2D eigenvalue weighted by Crippen LogP contribution is 2.36. The van der Waals surface area contributed by atoms with Gasteiger partial charge in [0, 0.05) is 11.6 Å². The minimum atomic E-state index is -0.831. The van der Waals surface area contributed by atoms with E-state index < -0.39 is 22.1 Å². The Hall–Kier alpha value is -3.55. The summed E-state index contributed by atoms with van der Waals surface area (Å²) in [6, 6.07) is 6.79. The highest BCUT2D eigenvalue weighted by Gasteiger charge is 2.18. The molecule has 8 heteroatoms. The Labute approximate surface area is 142 Å². The third-order valence-corrected chi connectivity index (χ3v) is 3.38. The van der Waals surface area contributed by atoms with E-state index in [9.17, 15) is 25.1 Å². The molecule has 0 radical (unpaired) electrons. The molecule has 0 fully saturated rings. The number of carbonyl (C=O) groups is 1. The van der Waals surface area contributed by atoms with Crippen molar-refractivity contribution in [2.24, 2.45) is 0 Å². The first kappa shape index (κ1) is 17.8. The smallest absolute Gasteiger partial charge is 0.315 e. The fourth-order valence-corrected chi connectivity index (χ4v) is 2.12. The topological polar surface area (TPSA) is 119 Å². The van der Waals surface area contributed by atoms with Crippen LogP contribution in [-0.2, 0) is 0 Å². The van der Waals surface area contributed by atoms with Crippen LogP contribution in [0.25, 0.3) is 6.08 Å². The number of phenolic OH excluding ortho intramolecular Hbond substituents is 2. The summed E-state index contributed by atoms with van der Waals surface area (Å²) >= 11 is 0. The van der Waals surface area contributed by atoms with Gasteiger partial charge in [-0.2, -0.15) is 0 Å². The van der Waals surface area contributed by atoms with E-state index in [1.807, 2.05) is 0 Å². The van der Waals surface area contributed by atoms with Crippen LogP contribution >= 0.6 is 0 Å². The van der Waals surface area contributed by atoms with Gasteiger partial charge in [-0.3, -0.25) is 14.9 Å². The summed E-state index contributed by atoms with van der Waals surface area (Å²) in [5.41, 5.74) is -0.138. The number of nitro benzene ring substituents is 1. The van der Waals surface area contributed by atoms with Crippen LogP contribution in [0.2, 0.25) is 0 Å². The van der Waals surface area contributed by atoms with Gasteiger partial charge in [-0.25, -0.2) is 0 Å². The lowest BCUT2D eigenvalue weighted by Crippen LogP contribution is -1.97. The lowest BCUT2D eigenvalue weighted by atomic mass is 10.1. The van der Waals surface area contributed by atoms with Crippen molar-refractivity contribution in [2.45, 2.75) is 0 Å². The van der Waals surface area contributed by atoms with Crippen LogP contribution in [0.4, 0.5) is 5.69 Å². The molecule has 2 aromatic carbocycles. The van der Waals surface area contributed by atoms with Gasteiger partial charge < -0.3 is 19.7 Å². The Kier molecular flexibility index (Phi) is 5.23. The average Bonchev–Trinajstić information content (AvgIpc) is 2.61. The summed E-state index contributed by atoms with van der Waals surface area (Å²) in [6.07, 6.45) is 2.49. The summed E-state index contributed by atoms with van der Waals surface area (Å²) in [4.78, 5) is 22.2. The Morgan fingerprint density at radius 3 is 2.40 bits per heavy atom. The number of rotatable bonds is 6. The maximum Gasteiger partial charge on any atom is 0.315 e. The number of allylic oxidation sites excluding steroid dienone is 1. The molecule has 130 valence electrons. The molecule has 0 atom stereocenters. The second-order valence-electron chi connectivity index (χ2n) is 4.93. The van der Waals surface area contributed by atoms with Gasteiger partial charge in [-0.05, 0) is 35.9 Å². The first-order valence-electron chi connectivity index (χ1n) is 7.02. The number of benzene rings is 2. The number of carbonyl (C=O) groups excluding carboxylic acids is 1. The van der Waals surface area contributed by atoms with Crippen molar-refractivity contribution in [3.63, 3.8) is 0 Å². The molecule has 0 heterocycles. The molecule has 0 aliphatic carbocycles. The maximum atomic E-state index is 12.2. The van der Waals surface area contributed by atoms with Gasteiger partial charge >= 0.3 is 5.69 Å². The van der Waals surface area contributed by atoms with Crippen molar-refractivity contribution >= 4 is 17.5 Å². The molecule has 0 bridgehead atoms. The van der Waals surface area contributed by atoms with Gasteiger partial charge in [0.05, 0.1) is 19.1 Å². The van der Waals surface area contributed by atoms with E-state index in [2.05, 4.69) is 0 Å². The molecule has 0 saturated heterocycles. The van der Waals surface area contributed by atoms with Crippen molar-refractivity contribution in [2.75, 3.05) is 14.2 Å². The van der Waals surface area contributed by atoms with Crippen LogP contribution in [0, 0.1) is 10.1 Å². The van der Waals surface area contributed by atoms with E-state index in [0.717, 1.165) is 12.1 Å². The fraction of sp³-hybridized carbons (Fsp3) is 0.118. The number of phenols is 2. The van der Waals surface area contributed by atoms with E-state index >= 15 is 0 Å². The number of ether oxygens (including phenoxy) is 2. The van der Waals surface area contributed by atoms with Crippen LogP contribution < -0.4 is 9.47 Å². The SMILES string of the molecule is COc1ccc(C(=O)C=Cc2cc(O)c(O)c([N+](=O)[O-])c2)cc1OC. The second-order valence-corrected chi connectivity index (χ2v) is 4.93. The van der Waals surface area contributed by atoms with Crippen LogP contribution in [0.5, 0.6) is 23.0 Å². The van der Waals surface area contributed by atoms with Crippen molar-refractivity contribution in [3.8, 4) is 23.0 Å². The van der Waals surface area contributed by atoms with E-state index in [-0.39, 0.29) is 11.3 Å². The molecular weight excluding hydrogens is 330 g/mol. The monoisotopic (exact) mass is 345 g/mol. The fourth-order valence-electron chi connectivity index (χ4n) is 2.12. The molecule has 0 amide bonds. The number of methoxy groups -OCH3 is 2. The zero-order valence-electron chi connectivity index (χ0n) is 13.4. The Bertz CT molecular complexity index is 858. The van der Waals surface area contributed by atoms with Gasteiger partial charge in [0.25, 0.3) is 0 Å². The molecule has 2 N–H and O–H groups in total. The molecule has 0 aliphatic rings. The summed E-state index contributed by atoms with van der Waals surface area (Å²) in [5.74, 6) is -0.987. The highest BCUT2D eigenvalue weighted by molar-refractivity contribution is 6.07. The highest BCUT2D eigenvalue weighted by atomic mass is 16.6. The predicted molar refractivity (Wildman–Crippen MR) is 89.3 cm³/mol. The first-order chi connectivity index (χ1) is 11.9. The number of aromatic hydroxyl groups is 2. The van der Waals surface area contributed by atoms with Gasteiger partial charge in [-0.1, -0.05) is 6.08 Å². The minimum Gasteiger partial charge on any atom is -0.504 e. The second kappa shape index (κ2) is 7.35. The summed E-state index contributed by atoms with van der Waals surface area (Å²) < 4.78 is 10.2. The average molecular weight is 345 g/mol. The van der Waals surface area contributed by atoms with E-state index in [4.69, 9.17) is 9.47 Å². The first-order valence-corrected chi connectivity index (χ1v) is 7.02. The standard InChI is InChI=1S/C17H15NO7/c1-24-15-6-4-11(9-16(15)25-2)13(19)5-3-10-7-12(18(22)23)17(21)14(20)8-10/h3-9,20-21H,1-2H3. The summed E-state index contributed by atoms with van der Waals surface area (Å²) in [7, 11) is 2.92. The molecule has 0 saturated carbocycles. The van der Waals surface area contributed by atoms with Gasteiger partial charge in [-0.15, -0.1) is 0 Å². The number of nitrogens with zero attached hydrogens (tertiary/aromatic N) is 1. The van der Waals surface area contributed by atoms with Crippen LogP contribution in [-0.4, -0.2) is 35.1 Å². The van der Waals surface area contributed by atoms with E-state index in [1.165, 1.54) is 32.4 Å². The molecule has 8 nitrogen and oxygen atoms in total. The zero-order valence-corrected chi connectivity index (χ0v) is 13.4. The predicted octanol–water partition coefficient (Wildman–Crippen LogP) is 2.92. The lowest BCUT2D eigenvalue weighted by molar-refractivity contribution is -0.386. The molecule has 2 rings (SSSR count). The maximum absolute atomic E-state index is 12.2. The van der Waals surface area contributed by atoms with Gasteiger partial charge in [0.15, 0.2) is 23.0 Å². The molecule has 2 aromatic rings. The Morgan fingerprint density at radius 2 is 1.80 bits per heavy atom. The van der Waals surface area contributed by atoms with Crippen molar-refractivity contribution in [1.82, 2.24) is 0 Å². The van der Waals surface area contributed by atoms with Crippen LogP contribution in [0.3, 0.4) is 0 Å². The van der Waals surface area contributed by atoms with Crippen molar-refractivity contribution < 1.29 is 29.4 Å². The quantitative estimate of drug-likeness (QED) is 0.271. The third-order valence-electron chi connectivity index (χ3n) is 3.38. The zero-order chi connectivity index (χ0) is 18.6. The Morgan fingerprint density at radius 1 is 1.12 bits per heavy atom. The van der Waals surface area contributed by atoms with Gasteiger partial charge in [0.1, 0.15) is 0 Å². The number of hydrogen-bond donors (Lipinski definition) is 2. The van der Waals surface area contributed by atoms with Crippen molar-refractivity contribution in [3.05, 3.63) is 57.6 Å². The van der Waals surface area contributed by atoms with Crippen LogP contribution in [0.15, 0.2) is 36.4 Å². The molecule has 25 heavy (non-hydrogen) atoms. The van der Waals surface area contributed by atoms with E-state index in [0.29, 0.717) is 17.1 Å². The Balaban J connectivity index is 2.30. The molecule has 0 aliphatic heterocycles. The molecule has 0 aromatic heterocycles. The molecule has 0 spiro atoms. The summed E-state index contributed by atoms with van der Waals surface area (Å²) in [6.45, 7) is 0. The number of nitro groups is 1. The minimum absolute atomic E-state index is 0.191. The van der Waals surface area contributed by atoms with E-state index in [1.54, 1.807) is 12.1 Å². The number of ketones is 1.